The summed E-state index contributed by atoms with van der Waals surface area (Å²) in [6.07, 6.45) is -0.212. The first-order chi connectivity index (χ1) is 8.82. The van der Waals surface area contributed by atoms with Gasteiger partial charge in [-0.3, -0.25) is 0 Å². The second-order valence-electron chi connectivity index (χ2n) is 4.64. The summed E-state index contributed by atoms with van der Waals surface area (Å²) >= 11 is 3.15. The molecule has 0 aliphatic heterocycles. The van der Waals surface area contributed by atoms with Gasteiger partial charge in [0.15, 0.2) is 6.10 Å². The number of hydrogen-bond donors (Lipinski definition) is 1. The number of carbonyl (C=O) groups is 1. The van der Waals surface area contributed by atoms with Gasteiger partial charge < -0.3 is 9.84 Å². The van der Waals surface area contributed by atoms with Crippen molar-refractivity contribution in [2.24, 2.45) is 5.92 Å². The van der Waals surface area contributed by atoms with Crippen molar-refractivity contribution >= 4 is 21.9 Å². The number of aliphatic carboxylic acids is 1. The highest BCUT2D eigenvalue weighted by atomic mass is 79.9. The second kappa shape index (κ2) is 5.07. The predicted octanol–water partition coefficient (Wildman–Crippen LogP) is 3.80. The van der Waals surface area contributed by atoms with E-state index in [1.165, 1.54) is 19.1 Å². The minimum absolute atomic E-state index is 0.0741. The number of carboxylic acids is 1. The lowest BCUT2D eigenvalue weighted by atomic mass is 10.0. The number of rotatable bonds is 5. The van der Waals surface area contributed by atoms with Crippen LogP contribution in [-0.4, -0.2) is 17.2 Å². The summed E-state index contributed by atoms with van der Waals surface area (Å²) in [6.45, 7) is 1.31. The molecule has 0 aromatic heterocycles. The maximum absolute atomic E-state index is 14.2. The Labute approximate surface area is 117 Å². The number of benzene rings is 1. The third-order valence-electron chi connectivity index (χ3n) is 3.04. The predicted molar refractivity (Wildman–Crippen MR) is 68.5 cm³/mol. The van der Waals surface area contributed by atoms with Gasteiger partial charge in [0.1, 0.15) is 5.75 Å². The molecular formula is C13H13BrF2O3. The highest BCUT2D eigenvalue weighted by Crippen LogP contribution is 2.52. The van der Waals surface area contributed by atoms with Gasteiger partial charge in [-0.15, -0.1) is 0 Å². The molecule has 1 aromatic rings. The fraction of sp³-hybridized carbons (Fsp3) is 0.462. The molecule has 0 heterocycles. The van der Waals surface area contributed by atoms with Crippen molar-refractivity contribution in [3.63, 3.8) is 0 Å². The van der Waals surface area contributed by atoms with Crippen molar-refractivity contribution in [3.8, 4) is 5.75 Å². The first-order valence-electron chi connectivity index (χ1n) is 5.89. The minimum atomic E-state index is -2.99. The molecule has 0 bridgehead atoms. The van der Waals surface area contributed by atoms with Crippen LogP contribution in [0.15, 0.2) is 22.7 Å². The van der Waals surface area contributed by atoms with E-state index in [0.717, 1.165) is 0 Å². The molecule has 1 atom stereocenters. The monoisotopic (exact) mass is 334 g/mol. The van der Waals surface area contributed by atoms with Crippen LogP contribution >= 0.6 is 15.9 Å². The van der Waals surface area contributed by atoms with E-state index in [-0.39, 0.29) is 11.3 Å². The van der Waals surface area contributed by atoms with Crippen molar-refractivity contribution in [1.29, 1.82) is 0 Å². The zero-order chi connectivity index (χ0) is 14.2. The molecule has 1 aliphatic carbocycles. The summed E-state index contributed by atoms with van der Waals surface area (Å²) in [4.78, 5) is 10.8. The van der Waals surface area contributed by atoms with E-state index in [4.69, 9.17) is 9.84 Å². The van der Waals surface area contributed by atoms with E-state index >= 15 is 0 Å². The molecule has 0 radical (unpaired) electrons. The molecule has 1 unspecified atom stereocenters. The zero-order valence-electron chi connectivity index (χ0n) is 10.2. The SMILES string of the molecule is CC(Oc1ccc(Br)cc1C(F)(F)C1CC1)C(=O)O. The second-order valence-corrected chi connectivity index (χ2v) is 5.55. The number of ether oxygens (including phenoxy) is 1. The van der Waals surface area contributed by atoms with E-state index in [1.54, 1.807) is 6.07 Å². The molecule has 0 amide bonds. The fourth-order valence-corrected chi connectivity index (χ4v) is 2.13. The van der Waals surface area contributed by atoms with Crippen molar-refractivity contribution in [2.75, 3.05) is 0 Å². The van der Waals surface area contributed by atoms with Gasteiger partial charge in [0, 0.05) is 10.4 Å². The Kier molecular flexibility index (Phi) is 3.80. The smallest absolute Gasteiger partial charge is 0.344 e. The van der Waals surface area contributed by atoms with Gasteiger partial charge in [-0.1, -0.05) is 15.9 Å². The van der Waals surface area contributed by atoms with Crippen LogP contribution in [0.3, 0.4) is 0 Å². The average molecular weight is 335 g/mol. The maximum atomic E-state index is 14.2. The number of halogens is 3. The molecule has 1 fully saturated rings. The molecule has 1 aliphatic rings. The summed E-state index contributed by atoms with van der Waals surface area (Å²) < 4.78 is 34.0. The lowest BCUT2D eigenvalue weighted by Crippen LogP contribution is -2.25. The normalized spacial score (nSPS) is 17.1. The van der Waals surface area contributed by atoms with Crippen LogP contribution in [0.2, 0.25) is 0 Å². The molecule has 2 rings (SSSR count). The Morgan fingerprint density at radius 3 is 2.68 bits per heavy atom. The molecule has 19 heavy (non-hydrogen) atoms. The summed E-state index contributed by atoms with van der Waals surface area (Å²) in [5, 5.41) is 8.79. The van der Waals surface area contributed by atoms with Gasteiger partial charge >= 0.3 is 5.97 Å². The Hall–Kier alpha value is -1.17. The lowest BCUT2D eigenvalue weighted by molar-refractivity contribution is -0.144. The molecule has 1 saturated carbocycles. The molecule has 0 spiro atoms. The van der Waals surface area contributed by atoms with E-state index in [0.29, 0.717) is 17.3 Å². The maximum Gasteiger partial charge on any atom is 0.344 e. The Morgan fingerprint density at radius 1 is 1.53 bits per heavy atom. The summed E-state index contributed by atoms with van der Waals surface area (Å²) in [5.74, 6) is -4.93. The molecule has 3 nitrogen and oxygen atoms in total. The highest BCUT2D eigenvalue weighted by molar-refractivity contribution is 9.10. The fourth-order valence-electron chi connectivity index (χ4n) is 1.77. The first kappa shape index (κ1) is 14.2. The first-order valence-corrected chi connectivity index (χ1v) is 6.69. The third-order valence-corrected chi connectivity index (χ3v) is 3.54. The Bertz CT molecular complexity index is 501. The van der Waals surface area contributed by atoms with Gasteiger partial charge in [-0.2, -0.15) is 0 Å². The molecule has 1 aromatic carbocycles. The van der Waals surface area contributed by atoms with Gasteiger partial charge in [0.2, 0.25) is 0 Å². The van der Waals surface area contributed by atoms with Crippen LogP contribution in [0.5, 0.6) is 5.75 Å². The number of carboxylic acid groups (broad SMARTS) is 1. The third kappa shape index (κ3) is 3.05. The van der Waals surface area contributed by atoms with Crippen LogP contribution in [0.25, 0.3) is 0 Å². The van der Waals surface area contributed by atoms with Crippen molar-refractivity contribution in [2.45, 2.75) is 31.8 Å². The van der Waals surface area contributed by atoms with Crippen molar-refractivity contribution < 1.29 is 23.4 Å². The Morgan fingerprint density at radius 2 is 2.16 bits per heavy atom. The van der Waals surface area contributed by atoms with E-state index in [2.05, 4.69) is 15.9 Å². The quantitative estimate of drug-likeness (QED) is 0.890. The largest absolute Gasteiger partial charge is 0.479 e. The zero-order valence-corrected chi connectivity index (χ0v) is 11.8. The van der Waals surface area contributed by atoms with Crippen LogP contribution in [0.1, 0.15) is 25.3 Å². The summed E-state index contributed by atoms with van der Waals surface area (Å²) in [7, 11) is 0. The van der Waals surface area contributed by atoms with Crippen LogP contribution in [-0.2, 0) is 10.7 Å². The van der Waals surface area contributed by atoms with E-state index in [9.17, 15) is 13.6 Å². The van der Waals surface area contributed by atoms with Gasteiger partial charge in [-0.25, -0.2) is 13.6 Å². The average Bonchev–Trinajstić information content (AvgIpc) is 3.15. The molecule has 1 N–H and O–H groups in total. The van der Waals surface area contributed by atoms with Gasteiger partial charge in [-0.05, 0) is 38.0 Å². The van der Waals surface area contributed by atoms with Gasteiger partial charge in [0.05, 0.1) is 5.56 Å². The highest BCUT2D eigenvalue weighted by Gasteiger charge is 2.49. The van der Waals surface area contributed by atoms with Crippen LogP contribution < -0.4 is 4.74 Å². The topological polar surface area (TPSA) is 46.5 Å². The standard InChI is InChI=1S/C13H13BrF2O3/c1-7(12(17)18)19-11-5-4-9(14)6-10(11)13(15,16)8-2-3-8/h4-8H,2-3H2,1H3,(H,17,18). The number of hydrogen-bond acceptors (Lipinski definition) is 2. The minimum Gasteiger partial charge on any atom is -0.479 e. The summed E-state index contributed by atoms with van der Waals surface area (Å²) in [5.41, 5.74) is -0.252. The van der Waals surface area contributed by atoms with E-state index in [1.807, 2.05) is 0 Å². The lowest BCUT2D eigenvalue weighted by Gasteiger charge is -2.21. The van der Waals surface area contributed by atoms with Crippen molar-refractivity contribution in [1.82, 2.24) is 0 Å². The van der Waals surface area contributed by atoms with E-state index < -0.39 is 23.9 Å². The van der Waals surface area contributed by atoms with Crippen LogP contribution in [0, 0.1) is 5.92 Å². The molecular weight excluding hydrogens is 322 g/mol. The van der Waals surface area contributed by atoms with Crippen molar-refractivity contribution in [3.05, 3.63) is 28.2 Å². The Balaban J connectivity index is 2.35. The van der Waals surface area contributed by atoms with Crippen LogP contribution in [0.4, 0.5) is 8.78 Å². The molecule has 0 saturated heterocycles. The molecule has 104 valence electrons. The van der Waals surface area contributed by atoms with Gasteiger partial charge in [0.25, 0.3) is 5.92 Å². The molecule has 6 heteroatoms. The summed E-state index contributed by atoms with van der Waals surface area (Å²) in [6, 6.07) is 4.22. The number of alkyl halides is 2.